The van der Waals surface area contributed by atoms with Crippen LogP contribution in [0.5, 0.6) is 0 Å². The summed E-state index contributed by atoms with van der Waals surface area (Å²) in [4.78, 5) is 56.9. The Kier molecular flexibility index (Phi) is 9.11. The number of methoxy groups -OCH3 is 2. The van der Waals surface area contributed by atoms with Gasteiger partial charge in [0.05, 0.1) is 14.2 Å². The number of hydrogen-bond acceptors (Lipinski definition) is 8. The Labute approximate surface area is 231 Å². The Hall–Kier alpha value is -2.20. The number of hydrogen-bond donors (Lipinski definition) is 2. The predicted molar refractivity (Wildman–Crippen MR) is 143 cm³/mol. The van der Waals surface area contributed by atoms with E-state index in [0.29, 0.717) is 37.5 Å². The molecule has 7 rings (SSSR count). The third kappa shape index (κ3) is 6.26. The van der Waals surface area contributed by atoms with E-state index in [4.69, 9.17) is 9.47 Å². The van der Waals surface area contributed by atoms with Crippen molar-refractivity contribution in [2.75, 3.05) is 53.5 Å². The van der Waals surface area contributed by atoms with Crippen LogP contribution in [0, 0.1) is 35.5 Å². The number of fused-ring (bicyclic) bond motifs is 7. The maximum absolute atomic E-state index is 13.3. The highest BCUT2D eigenvalue weighted by molar-refractivity contribution is 5.87. The molecular weight excluding hydrogens is 500 g/mol. The highest BCUT2D eigenvalue weighted by Crippen LogP contribution is 2.37. The van der Waals surface area contributed by atoms with Gasteiger partial charge in [-0.05, 0) is 108 Å². The summed E-state index contributed by atoms with van der Waals surface area (Å²) in [5.74, 6) is -0.379. The molecule has 7 fully saturated rings. The van der Waals surface area contributed by atoms with Crippen molar-refractivity contribution in [1.29, 1.82) is 0 Å². The zero-order chi connectivity index (χ0) is 27.5. The van der Waals surface area contributed by atoms with Gasteiger partial charge in [-0.1, -0.05) is 0 Å². The maximum atomic E-state index is 13.3. The van der Waals surface area contributed by atoms with Crippen LogP contribution < -0.4 is 10.6 Å². The van der Waals surface area contributed by atoms with Crippen molar-refractivity contribution in [3.05, 3.63) is 0 Å². The molecule has 218 valence electrons. The molecule has 0 aromatic heterocycles. The number of carbonyl (C=O) groups is 4. The van der Waals surface area contributed by atoms with Crippen molar-refractivity contribution >= 4 is 23.8 Å². The Balaban J connectivity index is 1.15. The van der Waals surface area contributed by atoms with Crippen molar-refractivity contribution in [3.8, 4) is 0 Å². The van der Waals surface area contributed by atoms with E-state index in [1.165, 1.54) is 14.2 Å². The van der Waals surface area contributed by atoms with Crippen molar-refractivity contribution < 1.29 is 28.7 Å². The van der Waals surface area contributed by atoms with Crippen LogP contribution in [0.1, 0.15) is 57.8 Å². The molecule has 2 N–H and O–H groups in total. The number of piperidine rings is 4. The van der Waals surface area contributed by atoms with Gasteiger partial charge in [-0.15, -0.1) is 0 Å². The van der Waals surface area contributed by atoms with Gasteiger partial charge in [0.25, 0.3) is 0 Å². The van der Waals surface area contributed by atoms with Gasteiger partial charge in [-0.2, -0.15) is 0 Å². The lowest BCUT2D eigenvalue weighted by molar-refractivity contribution is -0.150. The molecule has 10 heteroatoms. The van der Waals surface area contributed by atoms with Gasteiger partial charge in [-0.25, -0.2) is 9.59 Å². The quantitative estimate of drug-likeness (QED) is 0.436. The fourth-order valence-corrected chi connectivity index (χ4v) is 8.09. The molecule has 0 spiro atoms. The first kappa shape index (κ1) is 28.3. The number of nitrogens with one attached hydrogen (secondary N) is 2. The Morgan fingerprint density at radius 1 is 0.590 bits per heavy atom. The molecule has 2 unspecified atom stereocenters. The smallest absolute Gasteiger partial charge is 0.328 e. The van der Waals surface area contributed by atoms with Crippen molar-refractivity contribution in [1.82, 2.24) is 20.4 Å². The van der Waals surface area contributed by atoms with Crippen molar-refractivity contribution in [2.45, 2.75) is 69.9 Å². The lowest BCUT2D eigenvalue weighted by Crippen LogP contribution is -2.58. The molecule has 1 aliphatic carbocycles. The van der Waals surface area contributed by atoms with Crippen LogP contribution in [0.15, 0.2) is 0 Å². The molecule has 4 bridgehead atoms. The molecule has 7 aliphatic rings. The standard InChI is InChI=1S/C29H46N4O6/c1-38-28(36)24(22-11-16-32-12-7-18(22)8-13-32)30-26(34)20-3-5-21(6-4-20)27(35)31-25(29(37)39-2)23-17-33-14-9-19(23)10-15-33/h18-25H,3-17H2,1-2H3,(H,30,34)(H,31,35)/t20?,21?,22-,23-,24?,25?/m0/s1. The zero-order valence-corrected chi connectivity index (χ0v) is 23.6. The fourth-order valence-electron chi connectivity index (χ4n) is 8.09. The number of amides is 2. The van der Waals surface area contributed by atoms with Crippen LogP contribution in [0.2, 0.25) is 0 Å². The second kappa shape index (κ2) is 12.5. The predicted octanol–water partition coefficient (Wildman–Crippen LogP) is 1.18. The van der Waals surface area contributed by atoms with E-state index in [1.54, 1.807) is 0 Å². The third-order valence-electron chi connectivity index (χ3n) is 10.6. The summed E-state index contributed by atoms with van der Waals surface area (Å²) >= 11 is 0. The number of esters is 2. The van der Waals surface area contributed by atoms with Crippen LogP contribution >= 0.6 is 0 Å². The first-order chi connectivity index (χ1) is 18.9. The second-order valence-corrected chi connectivity index (χ2v) is 12.5. The molecule has 6 aliphatic heterocycles. The summed E-state index contributed by atoms with van der Waals surface area (Å²) in [6, 6.07) is -1.24. The van der Waals surface area contributed by atoms with Gasteiger partial charge in [0, 0.05) is 24.3 Å². The van der Waals surface area contributed by atoms with E-state index in [2.05, 4.69) is 20.4 Å². The van der Waals surface area contributed by atoms with Crippen LogP contribution in [-0.4, -0.2) is 99.1 Å². The van der Waals surface area contributed by atoms with E-state index in [9.17, 15) is 19.2 Å². The summed E-state index contributed by atoms with van der Waals surface area (Å²) in [6.45, 7) is 6.02. The molecule has 6 saturated heterocycles. The molecule has 1 saturated carbocycles. The highest BCUT2D eigenvalue weighted by atomic mass is 16.5. The lowest BCUT2D eigenvalue weighted by Gasteiger charge is -2.47. The Morgan fingerprint density at radius 3 is 1.44 bits per heavy atom. The number of carbonyl (C=O) groups excluding carboxylic acids is 4. The van der Waals surface area contributed by atoms with Gasteiger partial charge in [0.15, 0.2) is 0 Å². The molecule has 0 aromatic rings. The summed E-state index contributed by atoms with van der Waals surface area (Å²) in [5.41, 5.74) is 0. The van der Waals surface area contributed by atoms with Crippen LogP contribution in [0.4, 0.5) is 0 Å². The van der Waals surface area contributed by atoms with Gasteiger partial charge in [0.2, 0.25) is 11.8 Å². The highest BCUT2D eigenvalue weighted by Gasteiger charge is 2.44. The normalized spacial score (nSPS) is 37.2. The summed E-state index contributed by atoms with van der Waals surface area (Å²) in [5, 5.41) is 6.13. The van der Waals surface area contributed by atoms with Crippen LogP contribution in [0.25, 0.3) is 0 Å². The molecule has 2 amide bonds. The minimum absolute atomic E-state index is 0.0807. The SMILES string of the molecule is COC(=O)C(NC(=O)C1CCC(C(=O)NC(C(=O)OC)[C@H]2CN3CCC2CC3)CC1)[C@H]1CCN2CCC1CC2. The molecule has 39 heavy (non-hydrogen) atoms. The maximum Gasteiger partial charge on any atom is 0.328 e. The summed E-state index contributed by atoms with van der Waals surface area (Å²) in [7, 11) is 2.77. The number of ether oxygens (including phenoxy) is 2. The fraction of sp³-hybridized carbons (Fsp3) is 0.862. The Bertz CT molecular complexity index is 905. The summed E-state index contributed by atoms with van der Waals surface area (Å²) < 4.78 is 10.2. The molecule has 0 aromatic carbocycles. The minimum atomic E-state index is -0.622. The van der Waals surface area contributed by atoms with E-state index in [0.717, 1.165) is 71.4 Å². The summed E-state index contributed by atoms with van der Waals surface area (Å²) in [6.07, 6.45) is 7.45. The number of nitrogens with zero attached hydrogens (tertiary/aromatic N) is 2. The van der Waals surface area contributed by atoms with Crippen LogP contribution in [0.3, 0.4) is 0 Å². The van der Waals surface area contributed by atoms with Crippen molar-refractivity contribution in [2.24, 2.45) is 35.5 Å². The van der Waals surface area contributed by atoms with Crippen LogP contribution in [-0.2, 0) is 28.7 Å². The Morgan fingerprint density at radius 2 is 1.00 bits per heavy atom. The molecule has 6 heterocycles. The molecule has 10 nitrogen and oxygen atoms in total. The number of rotatable bonds is 8. The monoisotopic (exact) mass is 546 g/mol. The van der Waals surface area contributed by atoms with Gasteiger partial charge in [-0.3, -0.25) is 9.59 Å². The van der Waals surface area contributed by atoms with Crippen molar-refractivity contribution in [3.63, 3.8) is 0 Å². The van der Waals surface area contributed by atoms with Gasteiger partial charge >= 0.3 is 11.9 Å². The van der Waals surface area contributed by atoms with E-state index in [1.807, 2.05) is 0 Å². The molecule has 0 radical (unpaired) electrons. The first-order valence-corrected chi connectivity index (χ1v) is 15.1. The largest absolute Gasteiger partial charge is 0.467 e. The second-order valence-electron chi connectivity index (χ2n) is 12.5. The first-order valence-electron chi connectivity index (χ1n) is 15.1. The molecular formula is C29H46N4O6. The van der Waals surface area contributed by atoms with E-state index in [-0.39, 0.29) is 47.4 Å². The zero-order valence-electron chi connectivity index (χ0n) is 23.6. The topological polar surface area (TPSA) is 117 Å². The minimum Gasteiger partial charge on any atom is -0.467 e. The molecule has 4 atom stereocenters. The van der Waals surface area contributed by atoms with Gasteiger partial charge in [0.1, 0.15) is 12.1 Å². The average molecular weight is 547 g/mol. The van der Waals surface area contributed by atoms with E-state index >= 15 is 0 Å². The third-order valence-corrected chi connectivity index (χ3v) is 10.6. The lowest BCUT2D eigenvalue weighted by atomic mass is 9.74. The van der Waals surface area contributed by atoms with E-state index < -0.39 is 12.1 Å². The average Bonchev–Trinajstić information content (AvgIpc) is 3.32. The van der Waals surface area contributed by atoms with Gasteiger partial charge < -0.3 is 29.9 Å².